The van der Waals surface area contributed by atoms with Gasteiger partial charge in [-0.1, -0.05) is 58.7 Å². The number of hydrogen-bond donors (Lipinski definition) is 2. The van der Waals surface area contributed by atoms with Gasteiger partial charge in [0.25, 0.3) is 0 Å². The summed E-state index contributed by atoms with van der Waals surface area (Å²) in [6.45, 7) is -0.221. The molecule has 1 unspecified atom stereocenters. The summed E-state index contributed by atoms with van der Waals surface area (Å²) < 4.78 is 9.95. The van der Waals surface area contributed by atoms with Crippen LogP contribution in [0, 0.1) is 5.92 Å². The van der Waals surface area contributed by atoms with E-state index in [0.29, 0.717) is 27.6 Å². The number of carbonyl (C=O) groups is 2. The molecule has 4 rings (SSSR count). The average Bonchev–Trinajstić information content (AvgIpc) is 3.37. The molecule has 1 aromatic heterocycles. The van der Waals surface area contributed by atoms with Crippen molar-refractivity contribution in [2.45, 2.75) is 50.6 Å². The molecule has 1 fully saturated rings. The van der Waals surface area contributed by atoms with Crippen LogP contribution in [0.1, 0.15) is 37.7 Å². The Morgan fingerprint density at radius 2 is 1.77 bits per heavy atom. The summed E-state index contributed by atoms with van der Waals surface area (Å²) in [5.74, 6) is 0.475. The lowest BCUT2D eigenvalue weighted by Gasteiger charge is -2.37. The normalized spacial score (nSPS) is 18.0. The molecule has 1 atom stereocenters. The molecule has 1 saturated carbocycles. The lowest BCUT2D eigenvalue weighted by Crippen LogP contribution is -2.45. The van der Waals surface area contributed by atoms with Gasteiger partial charge in [-0.2, -0.15) is 4.98 Å². The molecule has 39 heavy (non-hydrogen) atoms. The quantitative estimate of drug-likeness (QED) is 0.335. The van der Waals surface area contributed by atoms with Gasteiger partial charge >= 0.3 is 12.2 Å². The Labute approximate surface area is 238 Å². The van der Waals surface area contributed by atoms with Crippen molar-refractivity contribution in [3.63, 3.8) is 0 Å². The van der Waals surface area contributed by atoms with Crippen LogP contribution in [0.5, 0.6) is 6.08 Å². The van der Waals surface area contributed by atoms with Crippen molar-refractivity contribution in [2.24, 2.45) is 5.92 Å². The molecule has 0 saturated heterocycles. The van der Waals surface area contributed by atoms with Crippen LogP contribution in [0.2, 0.25) is 10.0 Å². The van der Waals surface area contributed by atoms with Crippen LogP contribution in [0.4, 0.5) is 4.79 Å². The Bertz CT molecular complexity index is 1230. The Morgan fingerprint density at radius 1 is 1.08 bits per heavy atom. The average molecular weight is 575 g/mol. The highest BCUT2D eigenvalue weighted by molar-refractivity contribution is 6.35. The number of amides is 2. The monoisotopic (exact) mass is 573 g/mol. The number of ether oxygens (including phenoxy) is 1. The van der Waals surface area contributed by atoms with Gasteiger partial charge in [-0.3, -0.25) is 9.32 Å². The van der Waals surface area contributed by atoms with E-state index in [1.165, 1.54) is 5.56 Å². The molecule has 208 valence electrons. The summed E-state index contributed by atoms with van der Waals surface area (Å²) in [4.78, 5) is 30.9. The van der Waals surface area contributed by atoms with Crippen LogP contribution in [-0.4, -0.2) is 59.8 Å². The fourth-order valence-electron chi connectivity index (χ4n) is 5.12. The molecule has 1 aliphatic carbocycles. The summed E-state index contributed by atoms with van der Waals surface area (Å²) in [6.07, 6.45) is 4.86. The Kier molecular flexibility index (Phi) is 10.2. The number of nitrogens with zero attached hydrogens (tertiary/aromatic N) is 3. The van der Waals surface area contributed by atoms with Crippen LogP contribution in [-0.2, 0) is 11.2 Å². The van der Waals surface area contributed by atoms with Gasteiger partial charge in [-0.25, -0.2) is 4.79 Å². The van der Waals surface area contributed by atoms with E-state index in [0.717, 1.165) is 38.5 Å². The second-order valence-electron chi connectivity index (χ2n) is 10.0. The Hall–Kier alpha value is -3.14. The van der Waals surface area contributed by atoms with Crippen molar-refractivity contribution in [1.29, 1.82) is 0 Å². The van der Waals surface area contributed by atoms with Gasteiger partial charge in [0.15, 0.2) is 0 Å². The zero-order valence-electron chi connectivity index (χ0n) is 22.0. The van der Waals surface area contributed by atoms with Crippen molar-refractivity contribution >= 4 is 35.2 Å². The fraction of sp³-hybridized carbons (Fsp3) is 0.429. The highest BCUT2D eigenvalue weighted by Crippen LogP contribution is 2.31. The van der Waals surface area contributed by atoms with Gasteiger partial charge in [-0.05, 0) is 82.3 Å². The first-order chi connectivity index (χ1) is 18.8. The lowest BCUT2D eigenvalue weighted by molar-refractivity contribution is -0.121. The molecule has 11 heteroatoms. The minimum absolute atomic E-state index is 0.0894. The predicted molar refractivity (Wildman–Crippen MR) is 150 cm³/mol. The Balaban J connectivity index is 1.17. The van der Waals surface area contributed by atoms with Gasteiger partial charge in [0, 0.05) is 27.7 Å². The van der Waals surface area contributed by atoms with E-state index in [9.17, 15) is 9.59 Å². The highest BCUT2D eigenvalue weighted by Gasteiger charge is 2.29. The number of aromatic nitrogens is 2. The van der Waals surface area contributed by atoms with Gasteiger partial charge in [0.05, 0.1) is 0 Å². The molecule has 0 spiro atoms. The zero-order valence-corrected chi connectivity index (χ0v) is 23.5. The molecular weight excluding hydrogens is 541 g/mol. The summed E-state index contributed by atoms with van der Waals surface area (Å²) >= 11 is 12.0. The molecule has 0 bridgehead atoms. The Morgan fingerprint density at radius 3 is 2.44 bits per heavy atom. The minimum Gasteiger partial charge on any atom is -0.359 e. The molecule has 2 N–H and O–H groups in total. The summed E-state index contributed by atoms with van der Waals surface area (Å²) in [5, 5.41) is 10.0. The topological polar surface area (TPSA) is 110 Å². The number of hydrogen-bond acceptors (Lipinski definition) is 7. The standard InChI is InChI=1S/C28H33Cl2N5O4/c1-35(2)24(13-8-18-6-4-3-5-7-18)19-9-11-23(12-10-19)32-25(36)17-31-27(37)38-28-33-26(34-39-28)20-14-21(29)16-22(30)15-20/h3-7,14-16,19,23-24H,8-13,17H2,1-2H3,(H,31,37)(H,32,36). The minimum atomic E-state index is -0.875. The maximum Gasteiger partial charge on any atom is 0.426 e. The third-order valence-electron chi connectivity index (χ3n) is 7.02. The fourth-order valence-corrected chi connectivity index (χ4v) is 5.65. The zero-order chi connectivity index (χ0) is 27.8. The van der Waals surface area contributed by atoms with Crippen LogP contribution in [0.25, 0.3) is 11.4 Å². The van der Waals surface area contributed by atoms with Crippen LogP contribution >= 0.6 is 23.2 Å². The number of aryl methyl sites for hydroxylation is 1. The molecule has 3 aromatic rings. The first-order valence-corrected chi connectivity index (χ1v) is 13.8. The maximum atomic E-state index is 12.4. The molecule has 1 heterocycles. The second kappa shape index (κ2) is 13.8. The van der Waals surface area contributed by atoms with E-state index < -0.39 is 6.09 Å². The number of benzene rings is 2. The first kappa shape index (κ1) is 28.9. The van der Waals surface area contributed by atoms with E-state index in [4.69, 9.17) is 32.5 Å². The summed E-state index contributed by atoms with van der Waals surface area (Å²) in [6, 6.07) is 15.9. The van der Waals surface area contributed by atoms with Crippen molar-refractivity contribution in [1.82, 2.24) is 25.7 Å². The smallest absolute Gasteiger partial charge is 0.359 e. The van der Waals surface area contributed by atoms with E-state index in [2.05, 4.69) is 64.0 Å². The summed E-state index contributed by atoms with van der Waals surface area (Å²) in [5.41, 5.74) is 1.87. The van der Waals surface area contributed by atoms with E-state index in [1.807, 2.05) is 6.07 Å². The van der Waals surface area contributed by atoms with E-state index in [-0.39, 0.29) is 30.4 Å². The summed E-state index contributed by atoms with van der Waals surface area (Å²) in [7, 11) is 4.30. The van der Waals surface area contributed by atoms with Crippen LogP contribution in [0.3, 0.4) is 0 Å². The molecule has 0 aliphatic heterocycles. The van der Waals surface area contributed by atoms with Crippen LogP contribution in [0.15, 0.2) is 53.1 Å². The van der Waals surface area contributed by atoms with Gasteiger partial charge in [0.1, 0.15) is 6.54 Å². The largest absolute Gasteiger partial charge is 0.426 e. The number of nitrogens with one attached hydrogen (secondary N) is 2. The molecule has 0 radical (unpaired) electrons. The van der Waals surface area contributed by atoms with E-state index in [1.54, 1.807) is 18.2 Å². The maximum absolute atomic E-state index is 12.4. The lowest BCUT2D eigenvalue weighted by atomic mass is 9.79. The third-order valence-corrected chi connectivity index (χ3v) is 7.45. The SMILES string of the molecule is CN(C)C(CCc1ccccc1)C1CCC(NC(=O)CNC(=O)Oc2nc(-c3cc(Cl)cc(Cl)c3)no2)CC1. The van der Waals surface area contributed by atoms with Gasteiger partial charge in [-0.15, -0.1) is 0 Å². The van der Waals surface area contributed by atoms with Gasteiger partial charge < -0.3 is 20.3 Å². The van der Waals surface area contributed by atoms with Crippen molar-refractivity contribution in [2.75, 3.05) is 20.6 Å². The second-order valence-corrected chi connectivity index (χ2v) is 10.9. The highest BCUT2D eigenvalue weighted by atomic mass is 35.5. The number of rotatable bonds is 10. The van der Waals surface area contributed by atoms with Crippen LogP contribution < -0.4 is 15.4 Å². The molecular formula is C28H33Cl2N5O4. The van der Waals surface area contributed by atoms with Crippen molar-refractivity contribution in [3.8, 4) is 17.5 Å². The molecule has 2 amide bonds. The third kappa shape index (κ3) is 8.68. The van der Waals surface area contributed by atoms with E-state index >= 15 is 0 Å². The molecule has 9 nitrogen and oxygen atoms in total. The number of carbonyl (C=O) groups excluding carboxylic acids is 2. The number of halogens is 2. The van der Waals surface area contributed by atoms with Gasteiger partial charge in [0.2, 0.25) is 11.7 Å². The first-order valence-electron chi connectivity index (χ1n) is 13.0. The van der Waals surface area contributed by atoms with Crippen molar-refractivity contribution in [3.05, 3.63) is 64.1 Å². The molecule has 2 aromatic carbocycles. The van der Waals surface area contributed by atoms with Crippen molar-refractivity contribution < 1.29 is 18.8 Å². The molecule has 1 aliphatic rings. The predicted octanol–water partition coefficient (Wildman–Crippen LogP) is 5.37.